The zero-order chi connectivity index (χ0) is 13.8. The van der Waals surface area contributed by atoms with E-state index in [2.05, 4.69) is 20.5 Å². The van der Waals surface area contributed by atoms with Gasteiger partial charge in [-0.05, 0) is 19.9 Å². The SMILES string of the molecule is CCn1cnnc1CNc1cc(C)c([N+](=O)[O-])cn1. The van der Waals surface area contributed by atoms with E-state index in [1.54, 1.807) is 19.3 Å². The van der Waals surface area contributed by atoms with Crippen molar-refractivity contribution in [3.63, 3.8) is 0 Å². The van der Waals surface area contributed by atoms with E-state index in [0.717, 1.165) is 12.4 Å². The molecule has 8 heteroatoms. The number of anilines is 1. The number of nitro groups is 1. The van der Waals surface area contributed by atoms with E-state index in [1.165, 1.54) is 6.20 Å². The van der Waals surface area contributed by atoms with Gasteiger partial charge in [-0.25, -0.2) is 4.98 Å². The van der Waals surface area contributed by atoms with Gasteiger partial charge >= 0.3 is 0 Å². The summed E-state index contributed by atoms with van der Waals surface area (Å²) in [5.74, 6) is 1.37. The predicted octanol–water partition coefficient (Wildman–Crippen LogP) is 1.52. The normalized spacial score (nSPS) is 10.4. The maximum Gasteiger partial charge on any atom is 0.290 e. The Bertz CT molecular complexity index is 595. The Labute approximate surface area is 109 Å². The fourth-order valence-electron chi connectivity index (χ4n) is 1.69. The van der Waals surface area contributed by atoms with Gasteiger partial charge in [-0.1, -0.05) is 0 Å². The molecule has 19 heavy (non-hydrogen) atoms. The molecule has 0 unspecified atom stereocenters. The zero-order valence-electron chi connectivity index (χ0n) is 10.7. The first-order valence-electron chi connectivity index (χ1n) is 5.83. The van der Waals surface area contributed by atoms with Gasteiger partial charge in [0.25, 0.3) is 5.69 Å². The molecule has 2 heterocycles. The zero-order valence-corrected chi connectivity index (χ0v) is 10.7. The summed E-state index contributed by atoms with van der Waals surface area (Å²) in [6.45, 7) is 4.94. The molecule has 0 atom stereocenters. The van der Waals surface area contributed by atoms with E-state index in [1.807, 2.05) is 11.5 Å². The first kappa shape index (κ1) is 12.9. The van der Waals surface area contributed by atoms with Crippen LogP contribution in [-0.2, 0) is 13.1 Å². The molecule has 100 valence electrons. The molecule has 0 aliphatic carbocycles. The number of nitrogens with zero attached hydrogens (tertiary/aromatic N) is 5. The van der Waals surface area contributed by atoms with Crippen LogP contribution in [0.15, 0.2) is 18.6 Å². The average Bonchev–Trinajstić information content (AvgIpc) is 2.83. The van der Waals surface area contributed by atoms with Gasteiger partial charge in [0.2, 0.25) is 0 Å². The Morgan fingerprint density at radius 1 is 1.53 bits per heavy atom. The molecule has 0 aromatic carbocycles. The lowest BCUT2D eigenvalue weighted by Gasteiger charge is -2.06. The Morgan fingerprint density at radius 2 is 2.32 bits per heavy atom. The summed E-state index contributed by atoms with van der Waals surface area (Å²) in [5.41, 5.74) is 0.585. The van der Waals surface area contributed by atoms with Crippen LogP contribution >= 0.6 is 0 Å². The van der Waals surface area contributed by atoms with Crippen molar-refractivity contribution in [2.75, 3.05) is 5.32 Å². The van der Waals surface area contributed by atoms with Gasteiger partial charge in [-0.2, -0.15) is 0 Å². The van der Waals surface area contributed by atoms with Crippen molar-refractivity contribution in [2.24, 2.45) is 0 Å². The van der Waals surface area contributed by atoms with Crippen LogP contribution in [0.4, 0.5) is 11.5 Å². The lowest BCUT2D eigenvalue weighted by molar-refractivity contribution is -0.385. The van der Waals surface area contributed by atoms with Gasteiger partial charge in [0.05, 0.1) is 11.5 Å². The number of hydrogen-bond donors (Lipinski definition) is 1. The van der Waals surface area contributed by atoms with Crippen molar-refractivity contribution < 1.29 is 4.92 Å². The lowest BCUT2D eigenvalue weighted by Crippen LogP contribution is -2.08. The van der Waals surface area contributed by atoms with Crippen molar-refractivity contribution in [2.45, 2.75) is 26.9 Å². The molecular weight excluding hydrogens is 248 g/mol. The highest BCUT2D eigenvalue weighted by atomic mass is 16.6. The quantitative estimate of drug-likeness (QED) is 0.648. The third-order valence-corrected chi connectivity index (χ3v) is 2.74. The molecule has 0 aliphatic rings. The molecule has 2 aromatic heterocycles. The second-order valence-corrected chi connectivity index (χ2v) is 4.00. The van der Waals surface area contributed by atoms with E-state index in [9.17, 15) is 10.1 Å². The monoisotopic (exact) mass is 262 g/mol. The maximum atomic E-state index is 10.7. The molecule has 2 rings (SSSR count). The van der Waals surface area contributed by atoms with Crippen LogP contribution in [0.3, 0.4) is 0 Å². The lowest BCUT2D eigenvalue weighted by atomic mass is 10.2. The molecule has 0 saturated heterocycles. The van der Waals surface area contributed by atoms with Crippen LogP contribution in [0.5, 0.6) is 0 Å². The van der Waals surface area contributed by atoms with Crippen LogP contribution in [0.1, 0.15) is 18.3 Å². The first-order valence-corrected chi connectivity index (χ1v) is 5.83. The van der Waals surface area contributed by atoms with Crippen LogP contribution in [0, 0.1) is 17.0 Å². The second-order valence-electron chi connectivity index (χ2n) is 4.00. The summed E-state index contributed by atoms with van der Waals surface area (Å²) < 4.78 is 1.91. The van der Waals surface area contributed by atoms with Crippen LogP contribution in [0.2, 0.25) is 0 Å². The fourth-order valence-corrected chi connectivity index (χ4v) is 1.69. The van der Waals surface area contributed by atoms with Crippen molar-refractivity contribution >= 4 is 11.5 Å². The number of nitrogens with one attached hydrogen (secondary N) is 1. The van der Waals surface area contributed by atoms with Gasteiger partial charge in [-0.15, -0.1) is 10.2 Å². The molecule has 1 N–H and O–H groups in total. The van der Waals surface area contributed by atoms with Crippen molar-refractivity contribution in [1.82, 2.24) is 19.7 Å². The third kappa shape index (κ3) is 2.84. The summed E-state index contributed by atoms with van der Waals surface area (Å²) in [4.78, 5) is 14.2. The molecular formula is C11H14N6O2. The van der Waals surface area contributed by atoms with Crippen molar-refractivity contribution in [3.8, 4) is 0 Å². The highest BCUT2D eigenvalue weighted by Gasteiger charge is 2.11. The van der Waals surface area contributed by atoms with Crippen LogP contribution in [0.25, 0.3) is 0 Å². The first-order chi connectivity index (χ1) is 9.11. The third-order valence-electron chi connectivity index (χ3n) is 2.74. The summed E-state index contributed by atoms with van der Waals surface area (Å²) in [6, 6.07) is 1.64. The Hall–Kier alpha value is -2.51. The van der Waals surface area contributed by atoms with Gasteiger partial charge in [0, 0.05) is 12.1 Å². The van der Waals surface area contributed by atoms with E-state index in [-0.39, 0.29) is 5.69 Å². The van der Waals surface area contributed by atoms with Crippen LogP contribution in [-0.4, -0.2) is 24.7 Å². The number of aryl methyl sites for hydroxylation is 2. The highest BCUT2D eigenvalue weighted by molar-refractivity contribution is 5.46. The van der Waals surface area contributed by atoms with Crippen molar-refractivity contribution in [1.29, 1.82) is 0 Å². The predicted molar refractivity (Wildman–Crippen MR) is 68.7 cm³/mol. The Balaban J connectivity index is 2.08. The molecule has 0 fully saturated rings. The number of aromatic nitrogens is 4. The number of pyridine rings is 1. The smallest absolute Gasteiger partial charge is 0.290 e. The summed E-state index contributed by atoms with van der Waals surface area (Å²) in [5, 5.41) is 21.6. The molecule has 0 radical (unpaired) electrons. The molecule has 0 amide bonds. The molecule has 0 saturated carbocycles. The Morgan fingerprint density at radius 3 is 2.95 bits per heavy atom. The molecule has 0 aliphatic heterocycles. The highest BCUT2D eigenvalue weighted by Crippen LogP contribution is 2.18. The van der Waals surface area contributed by atoms with Crippen molar-refractivity contribution in [3.05, 3.63) is 40.1 Å². The van der Waals surface area contributed by atoms with E-state index in [0.29, 0.717) is 17.9 Å². The molecule has 2 aromatic rings. The fraction of sp³-hybridized carbons (Fsp3) is 0.364. The standard InChI is InChI=1S/C11H14N6O2/c1-3-16-7-14-15-11(16)6-13-10-4-8(2)9(5-12-10)17(18)19/h4-5,7H,3,6H2,1-2H3,(H,12,13). The minimum atomic E-state index is -0.445. The maximum absolute atomic E-state index is 10.7. The minimum Gasteiger partial charge on any atom is -0.363 e. The molecule has 0 bridgehead atoms. The topological polar surface area (TPSA) is 98.8 Å². The average molecular weight is 262 g/mol. The van der Waals surface area contributed by atoms with Crippen LogP contribution < -0.4 is 5.32 Å². The van der Waals surface area contributed by atoms with E-state index < -0.39 is 4.92 Å². The Kier molecular flexibility index (Phi) is 3.69. The number of hydrogen-bond acceptors (Lipinski definition) is 6. The molecule has 8 nitrogen and oxygen atoms in total. The second kappa shape index (κ2) is 5.42. The number of rotatable bonds is 5. The molecule has 0 spiro atoms. The van der Waals surface area contributed by atoms with Gasteiger partial charge in [0.1, 0.15) is 18.3 Å². The van der Waals surface area contributed by atoms with E-state index in [4.69, 9.17) is 0 Å². The van der Waals surface area contributed by atoms with Gasteiger partial charge in [0.15, 0.2) is 5.82 Å². The largest absolute Gasteiger partial charge is 0.363 e. The summed E-state index contributed by atoms with van der Waals surface area (Å²) in [6.07, 6.45) is 2.91. The van der Waals surface area contributed by atoms with E-state index >= 15 is 0 Å². The van der Waals surface area contributed by atoms with Gasteiger partial charge in [-0.3, -0.25) is 10.1 Å². The minimum absolute atomic E-state index is 0.0160. The van der Waals surface area contributed by atoms with Gasteiger partial charge < -0.3 is 9.88 Å². The summed E-state index contributed by atoms with van der Waals surface area (Å²) >= 11 is 0. The summed E-state index contributed by atoms with van der Waals surface area (Å²) in [7, 11) is 0.